The largest absolute Gasteiger partial charge is 0.459 e. The van der Waals surface area contributed by atoms with Gasteiger partial charge >= 0.3 is 12.1 Å². The van der Waals surface area contributed by atoms with Gasteiger partial charge in [-0.25, -0.2) is 4.68 Å². The second-order valence-electron chi connectivity index (χ2n) is 4.25. The zero-order valence-corrected chi connectivity index (χ0v) is 10.2. The molecule has 0 saturated heterocycles. The Bertz CT molecular complexity index is 408. The molecule has 0 aliphatic heterocycles. The molecule has 1 heterocycles. The van der Waals surface area contributed by atoms with Crippen molar-refractivity contribution in [3.05, 3.63) is 11.4 Å². The van der Waals surface area contributed by atoms with Gasteiger partial charge in [0.05, 0.1) is 5.69 Å². The van der Waals surface area contributed by atoms with Crippen molar-refractivity contribution in [3.8, 4) is 0 Å². The summed E-state index contributed by atoms with van der Waals surface area (Å²) in [5.74, 6) is -4.97. The molecule has 0 radical (unpaired) electrons. The molecule has 0 unspecified atom stereocenters. The van der Waals surface area contributed by atoms with Crippen LogP contribution in [0.15, 0.2) is 0 Å². The van der Waals surface area contributed by atoms with Crippen molar-refractivity contribution in [2.45, 2.75) is 51.8 Å². The Kier molecular flexibility index (Phi) is 3.97. The van der Waals surface area contributed by atoms with Crippen molar-refractivity contribution in [2.75, 3.05) is 0 Å². The van der Waals surface area contributed by atoms with Crippen LogP contribution in [0.4, 0.5) is 22.0 Å². The smallest absolute Gasteiger partial charge is 0.246 e. The van der Waals surface area contributed by atoms with E-state index in [1.165, 1.54) is 0 Å². The molecule has 104 valence electrons. The fraction of sp³-hybridized carbons (Fsp3) is 0.800. The highest BCUT2D eigenvalue weighted by Crippen LogP contribution is 2.44. The van der Waals surface area contributed by atoms with Crippen LogP contribution in [0, 0.1) is 0 Å². The van der Waals surface area contributed by atoms with Gasteiger partial charge in [0, 0.05) is 6.04 Å². The lowest BCUT2D eigenvalue weighted by molar-refractivity contribution is -0.291. The highest BCUT2D eigenvalue weighted by atomic mass is 19.4. The van der Waals surface area contributed by atoms with Crippen LogP contribution in [0.25, 0.3) is 0 Å². The molecule has 0 bridgehead atoms. The predicted molar refractivity (Wildman–Crippen MR) is 54.4 cm³/mol. The van der Waals surface area contributed by atoms with E-state index in [4.69, 9.17) is 0 Å². The standard InChI is InChI=1S/C10H14F5N3/c1-4-5-7-8(9(11,12)10(13,14)15)16-17-18(7)6(2)3/h6H,4-5H2,1-3H3. The Hall–Kier alpha value is -1.21. The summed E-state index contributed by atoms with van der Waals surface area (Å²) in [5, 5.41) is 6.44. The van der Waals surface area contributed by atoms with Gasteiger partial charge in [-0.15, -0.1) is 5.10 Å². The first-order chi connectivity index (χ1) is 8.13. The quantitative estimate of drug-likeness (QED) is 0.785. The van der Waals surface area contributed by atoms with Crippen LogP contribution in [0.2, 0.25) is 0 Å². The van der Waals surface area contributed by atoms with Crippen LogP contribution in [0.3, 0.4) is 0 Å². The Morgan fingerprint density at radius 3 is 2.11 bits per heavy atom. The van der Waals surface area contributed by atoms with E-state index in [0.717, 1.165) is 4.68 Å². The minimum absolute atomic E-state index is 0.0756. The first-order valence-corrected chi connectivity index (χ1v) is 5.52. The molecule has 0 aliphatic carbocycles. The fourth-order valence-corrected chi connectivity index (χ4v) is 1.58. The Morgan fingerprint density at radius 2 is 1.72 bits per heavy atom. The molecule has 0 saturated carbocycles. The monoisotopic (exact) mass is 271 g/mol. The van der Waals surface area contributed by atoms with Crippen LogP contribution in [-0.4, -0.2) is 21.2 Å². The van der Waals surface area contributed by atoms with Gasteiger partial charge in [0.15, 0.2) is 5.69 Å². The molecule has 0 spiro atoms. The summed E-state index contributed by atoms with van der Waals surface area (Å²) in [6.45, 7) is 4.97. The molecule has 3 nitrogen and oxygen atoms in total. The third kappa shape index (κ3) is 2.46. The van der Waals surface area contributed by atoms with Crippen LogP contribution in [-0.2, 0) is 12.3 Å². The van der Waals surface area contributed by atoms with E-state index in [2.05, 4.69) is 10.3 Å². The summed E-state index contributed by atoms with van der Waals surface area (Å²) in [4.78, 5) is 0. The van der Waals surface area contributed by atoms with Crippen molar-refractivity contribution in [2.24, 2.45) is 0 Å². The van der Waals surface area contributed by atoms with Gasteiger partial charge in [0.25, 0.3) is 0 Å². The van der Waals surface area contributed by atoms with E-state index in [1.807, 2.05) is 0 Å². The molecule has 0 N–H and O–H groups in total. The molecule has 0 atom stereocenters. The average molecular weight is 271 g/mol. The van der Waals surface area contributed by atoms with Crippen molar-refractivity contribution < 1.29 is 22.0 Å². The van der Waals surface area contributed by atoms with Crippen molar-refractivity contribution in [1.29, 1.82) is 0 Å². The highest BCUT2D eigenvalue weighted by Gasteiger charge is 2.61. The third-order valence-electron chi connectivity index (χ3n) is 2.42. The van der Waals surface area contributed by atoms with E-state index >= 15 is 0 Å². The number of hydrogen-bond donors (Lipinski definition) is 0. The predicted octanol–water partition coefficient (Wildman–Crippen LogP) is 3.47. The number of alkyl halides is 5. The normalized spacial score (nSPS) is 13.4. The fourth-order valence-electron chi connectivity index (χ4n) is 1.58. The highest BCUT2D eigenvalue weighted by molar-refractivity contribution is 5.18. The van der Waals surface area contributed by atoms with Crippen molar-refractivity contribution >= 4 is 0 Å². The molecule has 18 heavy (non-hydrogen) atoms. The van der Waals surface area contributed by atoms with Gasteiger partial charge in [0.1, 0.15) is 0 Å². The Balaban J connectivity index is 3.33. The maximum atomic E-state index is 13.3. The first kappa shape index (κ1) is 14.8. The third-order valence-corrected chi connectivity index (χ3v) is 2.42. The molecule has 0 aromatic carbocycles. The molecule has 0 aliphatic rings. The van der Waals surface area contributed by atoms with E-state index in [1.54, 1.807) is 20.8 Å². The SMILES string of the molecule is CCCc1c(C(F)(F)C(F)(F)F)nnn1C(C)C. The molecule has 0 amide bonds. The first-order valence-electron chi connectivity index (χ1n) is 5.52. The van der Waals surface area contributed by atoms with Gasteiger partial charge in [0.2, 0.25) is 0 Å². The van der Waals surface area contributed by atoms with E-state index in [0.29, 0.717) is 6.42 Å². The molecular formula is C10H14F5N3. The lowest BCUT2D eigenvalue weighted by Crippen LogP contribution is -2.35. The summed E-state index contributed by atoms with van der Waals surface area (Å²) >= 11 is 0. The molecular weight excluding hydrogens is 257 g/mol. The summed E-state index contributed by atoms with van der Waals surface area (Å²) < 4.78 is 64.6. The second kappa shape index (κ2) is 4.81. The summed E-state index contributed by atoms with van der Waals surface area (Å²) in [6.07, 6.45) is -5.15. The van der Waals surface area contributed by atoms with Gasteiger partial charge in [-0.1, -0.05) is 18.6 Å². The minimum atomic E-state index is -5.66. The van der Waals surface area contributed by atoms with Crippen LogP contribution >= 0.6 is 0 Å². The number of nitrogens with zero attached hydrogens (tertiary/aromatic N) is 3. The number of aromatic nitrogens is 3. The van der Waals surface area contributed by atoms with Gasteiger partial charge < -0.3 is 0 Å². The maximum Gasteiger partial charge on any atom is 0.459 e. The minimum Gasteiger partial charge on any atom is -0.246 e. The number of rotatable bonds is 4. The lowest BCUT2D eigenvalue weighted by Gasteiger charge is -2.19. The van der Waals surface area contributed by atoms with Gasteiger partial charge in [-0.3, -0.25) is 0 Å². The van der Waals surface area contributed by atoms with Crippen LogP contribution in [0.5, 0.6) is 0 Å². The van der Waals surface area contributed by atoms with Gasteiger partial charge in [-0.05, 0) is 20.3 Å². The van der Waals surface area contributed by atoms with Crippen molar-refractivity contribution in [1.82, 2.24) is 15.0 Å². The molecule has 8 heteroatoms. The van der Waals surface area contributed by atoms with E-state index < -0.39 is 17.8 Å². The van der Waals surface area contributed by atoms with Gasteiger partial charge in [-0.2, -0.15) is 22.0 Å². The molecule has 1 aromatic heterocycles. The molecule has 1 rings (SSSR count). The summed E-state index contributed by atoms with van der Waals surface area (Å²) in [5.41, 5.74) is -1.44. The molecule has 1 aromatic rings. The van der Waals surface area contributed by atoms with E-state index in [9.17, 15) is 22.0 Å². The Morgan fingerprint density at radius 1 is 1.17 bits per heavy atom. The number of halogens is 5. The zero-order valence-electron chi connectivity index (χ0n) is 10.2. The lowest BCUT2D eigenvalue weighted by atomic mass is 10.1. The second-order valence-corrected chi connectivity index (χ2v) is 4.25. The summed E-state index contributed by atoms with van der Waals surface area (Å²) in [6, 6.07) is -0.322. The summed E-state index contributed by atoms with van der Waals surface area (Å²) in [7, 11) is 0. The van der Waals surface area contributed by atoms with Crippen molar-refractivity contribution in [3.63, 3.8) is 0 Å². The Labute approximate surface area is 101 Å². The van der Waals surface area contributed by atoms with E-state index in [-0.39, 0.29) is 18.2 Å². The van der Waals surface area contributed by atoms with Crippen LogP contribution in [0.1, 0.15) is 44.6 Å². The zero-order chi connectivity index (χ0) is 14.1. The number of hydrogen-bond acceptors (Lipinski definition) is 2. The topological polar surface area (TPSA) is 30.7 Å². The molecule has 0 fully saturated rings. The average Bonchev–Trinajstić information content (AvgIpc) is 2.60. The van der Waals surface area contributed by atoms with Crippen LogP contribution < -0.4 is 0 Å². The maximum absolute atomic E-state index is 13.3.